The van der Waals surface area contributed by atoms with Crippen LogP contribution in [0, 0.1) is 5.92 Å². The van der Waals surface area contributed by atoms with Crippen LogP contribution in [0.5, 0.6) is 0 Å². The molecule has 3 heteroatoms. The maximum Gasteiger partial charge on any atom is 0.0433 e. The Bertz CT molecular complexity index is 186. The molecule has 2 saturated heterocycles. The second-order valence-electron chi connectivity index (χ2n) is 5.08. The van der Waals surface area contributed by atoms with Crippen LogP contribution in [0.1, 0.15) is 32.6 Å². The summed E-state index contributed by atoms with van der Waals surface area (Å²) in [5.41, 5.74) is 0. The van der Waals surface area contributed by atoms with Crippen LogP contribution in [0.3, 0.4) is 0 Å². The number of likely N-dealkylation sites (tertiary alicyclic amines) is 1. The van der Waals surface area contributed by atoms with Crippen LogP contribution in [0.25, 0.3) is 0 Å². The molecule has 0 spiro atoms. The lowest BCUT2D eigenvalue weighted by molar-refractivity contribution is 0.0888. The summed E-state index contributed by atoms with van der Waals surface area (Å²) in [4.78, 5) is 2.62. The lowest BCUT2D eigenvalue weighted by Gasteiger charge is -2.43. The summed E-state index contributed by atoms with van der Waals surface area (Å²) in [7, 11) is 0. The molecule has 0 aromatic carbocycles. The average Bonchev–Trinajstić information content (AvgIpc) is 2.16. The Kier molecular flexibility index (Phi) is 4.00. The summed E-state index contributed by atoms with van der Waals surface area (Å²) in [6, 6.07) is 1.44. The minimum Gasteiger partial charge on any atom is -0.396 e. The van der Waals surface area contributed by atoms with Crippen LogP contribution in [-0.4, -0.2) is 48.3 Å². The number of piperidine rings is 1. The van der Waals surface area contributed by atoms with Crippen molar-refractivity contribution in [3.05, 3.63) is 0 Å². The van der Waals surface area contributed by atoms with Crippen LogP contribution in [0.15, 0.2) is 0 Å². The normalized spacial score (nSPS) is 31.2. The van der Waals surface area contributed by atoms with Gasteiger partial charge in [0, 0.05) is 18.7 Å². The summed E-state index contributed by atoms with van der Waals surface area (Å²) in [5, 5.41) is 12.4. The van der Waals surface area contributed by atoms with Crippen molar-refractivity contribution < 1.29 is 5.11 Å². The standard InChI is InChI=1S/C12H24N2O/c1-10(12-2-6-13-12)14-7-3-11(4-8-14)5-9-15/h10-13,15H,2-9H2,1H3. The molecule has 2 N–H and O–H groups in total. The van der Waals surface area contributed by atoms with Crippen molar-refractivity contribution >= 4 is 0 Å². The fourth-order valence-corrected chi connectivity index (χ4v) is 2.81. The van der Waals surface area contributed by atoms with Gasteiger partial charge in [-0.2, -0.15) is 0 Å². The summed E-state index contributed by atoms with van der Waals surface area (Å²) in [6.45, 7) is 6.37. The molecule has 0 bridgehead atoms. The van der Waals surface area contributed by atoms with E-state index in [1.165, 1.54) is 38.9 Å². The SMILES string of the molecule is CC(C1CCN1)N1CCC(CCO)CC1. The minimum atomic E-state index is 0.365. The van der Waals surface area contributed by atoms with Crippen LogP contribution in [0.4, 0.5) is 0 Å². The van der Waals surface area contributed by atoms with Crippen LogP contribution < -0.4 is 5.32 Å². The summed E-state index contributed by atoms with van der Waals surface area (Å²) >= 11 is 0. The van der Waals surface area contributed by atoms with Gasteiger partial charge >= 0.3 is 0 Å². The van der Waals surface area contributed by atoms with Crippen LogP contribution >= 0.6 is 0 Å². The summed E-state index contributed by atoms with van der Waals surface area (Å²) in [6.07, 6.45) is 4.90. The Balaban J connectivity index is 1.72. The third kappa shape index (κ3) is 2.71. The third-order valence-electron chi connectivity index (χ3n) is 4.21. The highest BCUT2D eigenvalue weighted by atomic mass is 16.3. The van der Waals surface area contributed by atoms with Gasteiger partial charge in [-0.25, -0.2) is 0 Å². The van der Waals surface area contributed by atoms with Crippen molar-refractivity contribution in [3.63, 3.8) is 0 Å². The van der Waals surface area contributed by atoms with Gasteiger partial charge in [0.25, 0.3) is 0 Å². The van der Waals surface area contributed by atoms with Crippen molar-refractivity contribution in [1.82, 2.24) is 10.2 Å². The topological polar surface area (TPSA) is 35.5 Å². The molecule has 0 aromatic rings. The zero-order valence-corrected chi connectivity index (χ0v) is 9.78. The highest BCUT2D eigenvalue weighted by molar-refractivity contribution is 4.89. The smallest absolute Gasteiger partial charge is 0.0433 e. The van der Waals surface area contributed by atoms with Gasteiger partial charge in [0.05, 0.1) is 0 Å². The van der Waals surface area contributed by atoms with Crippen LogP contribution in [-0.2, 0) is 0 Å². The van der Waals surface area contributed by atoms with E-state index < -0.39 is 0 Å². The Morgan fingerprint density at radius 2 is 2.00 bits per heavy atom. The molecule has 2 aliphatic rings. The second-order valence-corrected chi connectivity index (χ2v) is 5.08. The van der Waals surface area contributed by atoms with Crippen molar-refractivity contribution in [1.29, 1.82) is 0 Å². The first-order chi connectivity index (χ1) is 7.31. The second kappa shape index (κ2) is 5.28. The van der Waals surface area contributed by atoms with E-state index in [0.29, 0.717) is 12.6 Å². The van der Waals surface area contributed by atoms with Gasteiger partial charge in [-0.3, -0.25) is 4.90 Å². The van der Waals surface area contributed by atoms with Gasteiger partial charge < -0.3 is 10.4 Å². The molecular weight excluding hydrogens is 188 g/mol. The molecule has 2 atom stereocenters. The molecule has 0 amide bonds. The molecule has 15 heavy (non-hydrogen) atoms. The first kappa shape index (κ1) is 11.4. The Morgan fingerprint density at radius 3 is 2.47 bits per heavy atom. The molecule has 2 heterocycles. The largest absolute Gasteiger partial charge is 0.396 e. The lowest BCUT2D eigenvalue weighted by atomic mass is 9.91. The van der Waals surface area contributed by atoms with E-state index in [4.69, 9.17) is 5.11 Å². The molecule has 0 aliphatic carbocycles. The van der Waals surface area contributed by atoms with Crippen molar-refractivity contribution in [2.45, 2.75) is 44.7 Å². The van der Waals surface area contributed by atoms with E-state index in [1.54, 1.807) is 0 Å². The van der Waals surface area contributed by atoms with E-state index >= 15 is 0 Å². The fraction of sp³-hybridized carbons (Fsp3) is 1.00. The Morgan fingerprint density at radius 1 is 1.33 bits per heavy atom. The van der Waals surface area contributed by atoms with Crippen molar-refractivity contribution in [3.8, 4) is 0 Å². The molecule has 2 rings (SSSR count). The zero-order chi connectivity index (χ0) is 10.7. The first-order valence-electron chi connectivity index (χ1n) is 6.39. The van der Waals surface area contributed by atoms with Gasteiger partial charge in [0.15, 0.2) is 0 Å². The number of nitrogens with one attached hydrogen (secondary N) is 1. The molecule has 88 valence electrons. The van der Waals surface area contributed by atoms with Gasteiger partial charge in [0.2, 0.25) is 0 Å². The zero-order valence-electron chi connectivity index (χ0n) is 9.78. The maximum atomic E-state index is 8.91. The van der Waals surface area contributed by atoms with E-state index in [1.807, 2.05) is 0 Å². The quantitative estimate of drug-likeness (QED) is 0.724. The van der Waals surface area contributed by atoms with Gasteiger partial charge in [-0.15, -0.1) is 0 Å². The lowest BCUT2D eigenvalue weighted by Crippen LogP contribution is -2.57. The third-order valence-corrected chi connectivity index (χ3v) is 4.21. The number of hydrogen-bond donors (Lipinski definition) is 2. The molecule has 0 saturated carbocycles. The Hall–Kier alpha value is -0.120. The number of rotatable bonds is 4. The fourth-order valence-electron chi connectivity index (χ4n) is 2.81. The molecule has 2 fully saturated rings. The number of aliphatic hydroxyl groups is 1. The van der Waals surface area contributed by atoms with E-state index in [0.717, 1.165) is 18.4 Å². The average molecular weight is 212 g/mol. The maximum absolute atomic E-state index is 8.91. The van der Waals surface area contributed by atoms with E-state index in [9.17, 15) is 0 Å². The van der Waals surface area contributed by atoms with Crippen molar-refractivity contribution in [2.75, 3.05) is 26.2 Å². The van der Waals surface area contributed by atoms with E-state index in [-0.39, 0.29) is 0 Å². The first-order valence-corrected chi connectivity index (χ1v) is 6.39. The minimum absolute atomic E-state index is 0.365. The van der Waals surface area contributed by atoms with Gasteiger partial charge in [-0.1, -0.05) is 0 Å². The predicted octanol–water partition coefficient (Wildman–Crippen LogP) is 0.831. The van der Waals surface area contributed by atoms with Crippen LogP contribution in [0.2, 0.25) is 0 Å². The van der Waals surface area contributed by atoms with Crippen molar-refractivity contribution in [2.24, 2.45) is 5.92 Å². The summed E-state index contributed by atoms with van der Waals surface area (Å²) in [5.74, 6) is 0.771. The highest BCUT2D eigenvalue weighted by Crippen LogP contribution is 2.23. The number of hydrogen-bond acceptors (Lipinski definition) is 3. The van der Waals surface area contributed by atoms with Gasteiger partial charge in [0.1, 0.15) is 0 Å². The number of aliphatic hydroxyl groups excluding tert-OH is 1. The molecule has 3 nitrogen and oxygen atoms in total. The Labute approximate surface area is 92.8 Å². The van der Waals surface area contributed by atoms with Gasteiger partial charge in [-0.05, 0) is 58.2 Å². The molecule has 0 radical (unpaired) electrons. The highest BCUT2D eigenvalue weighted by Gasteiger charge is 2.30. The molecule has 2 unspecified atom stereocenters. The molecular formula is C12H24N2O. The van der Waals surface area contributed by atoms with E-state index in [2.05, 4.69) is 17.1 Å². The number of nitrogens with zero attached hydrogens (tertiary/aromatic N) is 1. The molecule has 2 aliphatic heterocycles. The summed E-state index contributed by atoms with van der Waals surface area (Å²) < 4.78 is 0. The monoisotopic (exact) mass is 212 g/mol. The predicted molar refractivity (Wildman–Crippen MR) is 61.9 cm³/mol. The molecule has 0 aromatic heterocycles.